The van der Waals surface area contributed by atoms with Crippen molar-refractivity contribution < 1.29 is 8.81 Å². The van der Waals surface area contributed by atoms with Crippen LogP contribution in [-0.4, -0.2) is 9.97 Å². The molecule has 0 saturated heterocycles. The fourth-order valence-corrected chi connectivity index (χ4v) is 2.66. The van der Waals surface area contributed by atoms with E-state index in [4.69, 9.17) is 16.0 Å². The van der Waals surface area contributed by atoms with Gasteiger partial charge in [-0.05, 0) is 35.9 Å². The van der Waals surface area contributed by atoms with Gasteiger partial charge >= 0.3 is 0 Å². The second-order valence-electron chi connectivity index (χ2n) is 4.99. The molecule has 0 aliphatic carbocycles. The van der Waals surface area contributed by atoms with Crippen LogP contribution in [0, 0.1) is 5.95 Å². The summed E-state index contributed by atoms with van der Waals surface area (Å²) in [4.78, 5) is 20.2. The van der Waals surface area contributed by atoms with E-state index in [1.54, 1.807) is 30.3 Å². The molecule has 4 nitrogen and oxygen atoms in total. The van der Waals surface area contributed by atoms with Crippen molar-refractivity contribution >= 4 is 33.5 Å². The van der Waals surface area contributed by atoms with Gasteiger partial charge in [-0.3, -0.25) is 4.79 Å². The quantitative estimate of drug-likeness (QED) is 0.388. The molecule has 0 spiro atoms. The van der Waals surface area contributed by atoms with E-state index in [1.807, 2.05) is 0 Å². The van der Waals surface area contributed by atoms with Gasteiger partial charge in [0, 0.05) is 11.8 Å². The van der Waals surface area contributed by atoms with E-state index in [2.05, 4.69) is 9.97 Å². The second kappa shape index (κ2) is 5.14. The standard InChI is InChI=1S/C17H8ClFN2O2/c18-15-7-12-14(8-21-15)23-13-4-3-9(6-11(13)16(12)22)10-2-1-5-20-17(10)19/h1-8H. The van der Waals surface area contributed by atoms with Gasteiger partial charge in [0.1, 0.15) is 10.7 Å². The first-order valence-corrected chi connectivity index (χ1v) is 7.14. The lowest BCUT2D eigenvalue weighted by Crippen LogP contribution is -2.03. The van der Waals surface area contributed by atoms with Crippen molar-refractivity contribution in [2.75, 3.05) is 0 Å². The summed E-state index contributed by atoms with van der Waals surface area (Å²) in [7, 11) is 0. The number of nitrogens with zero attached hydrogens (tertiary/aromatic N) is 2. The summed E-state index contributed by atoms with van der Waals surface area (Å²) in [6.45, 7) is 0. The van der Waals surface area contributed by atoms with Crippen LogP contribution in [0.15, 0.2) is 58.0 Å². The zero-order valence-electron chi connectivity index (χ0n) is 11.6. The molecule has 0 fully saturated rings. The van der Waals surface area contributed by atoms with Crippen LogP contribution < -0.4 is 5.43 Å². The fourth-order valence-electron chi connectivity index (χ4n) is 2.50. The van der Waals surface area contributed by atoms with Crippen LogP contribution in [0.4, 0.5) is 4.39 Å². The first-order valence-electron chi connectivity index (χ1n) is 6.76. The molecule has 0 N–H and O–H groups in total. The van der Waals surface area contributed by atoms with Crippen molar-refractivity contribution in [2.24, 2.45) is 0 Å². The predicted molar refractivity (Wildman–Crippen MR) is 86.0 cm³/mol. The van der Waals surface area contributed by atoms with Crippen LogP contribution in [0.5, 0.6) is 0 Å². The molecule has 1 aromatic carbocycles. The maximum atomic E-state index is 13.8. The van der Waals surface area contributed by atoms with Gasteiger partial charge in [0.25, 0.3) is 0 Å². The highest BCUT2D eigenvalue weighted by molar-refractivity contribution is 6.30. The third-order valence-electron chi connectivity index (χ3n) is 3.59. The molecule has 4 aromatic rings. The molecule has 3 heterocycles. The van der Waals surface area contributed by atoms with Gasteiger partial charge in [0.05, 0.1) is 17.0 Å². The van der Waals surface area contributed by atoms with Crippen molar-refractivity contribution in [1.29, 1.82) is 0 Å². The van der Waals surface area contributed by atoms with E-state index in [9.17, 15) is 9.18 Å². The monoisotopic (exact) mass is 326 g/mol. The van der Waals surface area contributed by atoms with Gasteiger partial charge < -0.3 is 4.42 Å². The Morgan fingerprint density at radius 1 is 1.04 bits per heavy atom. The third-order valence-corrected chi connectivity index (χ3v) is 3.80. The smallest absolute Gasteiger partial charge is 0.220 e. The summed E-state index contributed by atoms with van der Waals surface area (Å²) >= 11 is 5.84. The number of aromatic nitrogens is 2. The average molecular weight is 327 g/mol. The first kappa shape index (κ1) is 13.8. The summed E-state index contributed by atoms with van der Waals surface area (Å²) in [5.41, 5.74) is 1.39. The summed E-state index contributed by atoms with van der Waals surface area (Å²) in [5, 5.41) is 0.889. The lowest BCUT2D eigenvalue weighted by Gasteiger charge is -2.05. The molecule has 0 aliphatic rings. The van der Waals surface area contributed by atoms with Gasteiger partial charge in [-0.25, -0.2) is 9.97 Å². The highest BCUT2D eigenvalue weighted by atomic mass is 35.5. The Kier molecular flexibility index (Phi) is 3.09. The fraction of sp³-hybridized carbons (Fsp3) is 0. The van der Waals surface area contributed by atoms with Gasteiger partial charge in [-0.2, -0.15) is 4.39 Å². The number of pyridine rings is 2. The van der Waals surface area contributed by atoms with Gasteiger partial charge in [0.15, 0.2) is 5.58 Å². The number of hydrogen-bond acceptors (Lipinski definition) is 4. The number of hydrogen-bond donors (Lipinski definition) is 0. The average Bonchev–Trinajstić information content (AvgIpc) is 2.56. The number of benzene rings is 1. The Labute approximate surface area is 134 Å². The van der Waals surface area contributed by atoms with Crippen molar-refractivity contribution in [3.63, 3.8) is 0 Å². The molecule has 0 aliphatic heterocycles. The molecule has 0 atom stereocenters. The van der Waals surface area contributed by atoms with E-state index < -0.39 is 5.95 Å². The second-order valence-corrected chi connectivity index (χ2v) is 5.37. The number of rotatable bonds is 1. The maximum absolute atomic E-state index is 13.8. The topological polar surface area (TPSA) is 56.0 Å². The number of fused-ring (bicyclic) bond motifs is 2. The van der Waals surface area contributed by atoms with Crippen LogP contribution in [0.3, 0.4) is 0 Å². The Hall–Kier alpha value is -2.79. The molecular weight excluding hydrogens is 319 g/mol. The van der Waals surface area contributed by atoms with E-state index in [1.165, 1.54) is 18.5 Å². The zero-order chi connectivity index (χ0) is 16.0. The molecular formula is C17H8ClFN2O2. The van der Waals surface area contributed by atoms with Gasteiger partial charge in [0.2, 0.25) is 11.4 Å². The molecule has 3 aromatic heterocycles. The minimum absolute atomic E-state index is 0.207. The van der Waals surface area contributed by atoms with E-state index in [0.29, 0.717) is 33.1 Å². The Balaban J connectivity index is 2.05. The number of halogens is 2. The van der Waals surface area contributed by atoms with E-state index >= 15 is 0 Å². The molecule has 0 bridgehead atoms. The lowest BCUT2D eigenvalue weighted by atomic mass is 10.0. The Morgan fingerprint density at radius 3 is 2.70 bits per heavy atom. The SMILES string of the molecule is O=c1c2cc(-c3cccnc3F)ccc2oc2cnc(Cl)cc12. The summed E-state index contributed by atoms with van der Waals surface area (Å²) in [6.07, 6.45) is 2.78. The summed E-state index contributed by atoms with van der Waals surface area (Å²) in [6, 6.07) is 9.60. The van der Waals surface area contributed by atoms with Gasteiger partial charge in [-0.1, -0.05) is 17.7 Å². The van der Waals surface area contributed by atoms with Crippen molar-refractivity contribution in [1.82, 2.24) is 9.97 Å². The summed E-state index contributed by atoms with van der Waals surface area (Å²) < 4.78 is 19.5. The highest BCUT2D eigenvalue weighted by Gasteiger charge is 2.12. The molecule has 0 unspecified atom stereocenters. The normalized spacial score (nSPS) is 11.2. The van der Waals surface area contributed by atoms with E-state index in [-0.39, 0.29) is 10.6 Å². The Morgan fingerprint density at radius 2 is 1.87 bits per heavy atom. The molecule has 6 heteroatoms. The molecule has 0 amide bonds. The van der Waals surface area contributed by atoms with Crippen LogP contribution in [-0.2, 0) is 0 Å². The molecule has 0 radical (unpaired) electrons. The van der Waals surface area contributed by atoms with Crippen LogP contribution >= 0.6 is 11.6 Å². The highest BCUT2D eigenvalue weighted by Crippen LogP contribution is 2.26. The largest absolute Gasteiger partial charge is 0.454 e. The first-order chi connectivity index (χ1) is 11.1. The predicted octanol–water partition coefficient (Wildman–Crippen LogP) is 4.20. The van der Waals surface area contributed by atoms with Crippen LogP contribution in [0.1, 0.15) is 0 Å². The maximum Gasteiger partial charge on any atom is 0.220 e. The van der Waals surface area contributed by atoms with Crippen molar-refractivity contribution in [2.45, 2.75) is 0 Å². The molecule has 112 valence electrons. The van der Waals surface area contributed by atoms with E-state index in [0.717, 1.165) is 0 Å². The lowest BCUT2D eigenvalue weighted by molar-refractivity contribution is 0.587. The third kappa shape index (κ3) is 2.26. The van der Waals surface area contributed by atoms with Crippen molar-refractivity contribution in [3.8, 4) is 11.1 Å². The van der Waals surface area contributed by atoms with Crippen LogP contribution in [0.2, 0.25) is 5.15 Å². The molecule has 0 saturated carbocycles. The zero-order valence-corrected chi connectivity index (χ0v) is 12.3. The Bertz CT molecular complexity index is 1120. The summed E-state index contributed by atoms with van der Waals surface area (Å²) in [5.74, 6) is -0.593. The molecule has 23 heavy (non-hydrogen) atoms. The molecule has 4 rings (SSSR count). The van der Waals surface area contributed by atoms with Gasteiger partial charge in [-0.15, -0.1) is 0 Å². The minimum Gasteiger partial charge on any atom is -0.454 e. The van der Waals surface area contributed by atoms with Crippen molar-refractivity contribution in [3.05, 3.63) is 70.1 Å². The van der Waals surface area contributed by atoms with Crippen LogP contribution in [0.25, 0.3) is 33.1 Å². The minimum atomic E-state index is -0.593.